The second kappa shape index (κ2) is 10.5. The van der Waals surface area contributed by atoms with Crippen molar-refractivity contribution in [2.24, 2.45) is 0 Å². The Morgan fingerprint density at radius 1 is 0.971 bits per heavy atom. The summed E-state index contributed by atoms with van der Waals surface area (Å²) in [7, 11) is 0. The highest BCUT2D eigenvalue weighted by Crippen LogP contribution is 2.27. The molecule has 0 bridgehead atoms. The number of carbonyl (C=O) groups is 2. The molecule has 1 saturated heterocycles. The van der Waals surface area contributed by atoms with E-state index in [-0.39, 0.29) is 0 Å². The van der Waals surface area contributed by atoms with Crippen LogP contribution in [-0.4, -0.2) is 64.3 Å². The molecule has 2 aromatic carbocycles. The number of nitrogens with one attached hydrogen (secondary N) is 1. The summed E-state index contributed by atoms with van der Waals surface area (Å²) in [5.41, 5.74) is -2.90. The SMILES string of the molecule is C[C@H]1OC(CO)[C@H](O)C(O)C1NC(=O)c1c(F)c(F)c(C(=O)OCc2ccccc2)c(F)c1F. The van der Waals surface area contributed by atoms with Crippen LogP contribution in [0.1, 0.15) is 33.2 Å². The normalized spacial score (nSPS) is 24.5. The number of rotatable bonds is 6. The van der Waals surface area contributed by atoms with Gasteiger partial charge in [0.25, 0.3) is 5.91 Å². The van der Waals surface area contributed by atoms with Crippen LogP contribution in [0, 0.1) is 23.3 Å². The number of amides is 1. The molecule has 0 aliphatic carbocycles. The summed E-state index contributed by atoms with van der Waals surface area (Å²) in [5, 5.41) is 31.2. The molecule has 0 aromatic heterocycles. The topological polar surface area (TPSA) is 125 Å². The smallest absolute Gasteiger partial charge is 0.344 e. The van der Waals surface area contributed by atoms with Gasteiger partial charge in [0, 0.05) is 0 Å². The zero-order valence-corrected chi connectivity index (χ0v) is 17.7. The fourth-order valence-electron chi connectivity index (χ4n) is 3.53. The molecular weight excluding hydrogens is 466 g/mol. The standard InChI is InChI=1S/C22H21F4NO7/c1-9-18(20(30)19(29)11(7-28)34-9)27-21(31)12-14(23)16(25)13(17(26)15(12)24)22(32)33-8-10-5-3-2-4-6-10/h2-6,9,11,18-20,28-30H,7-8H2,1H3,(H,27,31)/t9-,11?,18?,19+,20?/m1/s1. The van der Waals surface area contributed by atoms with Crippen molar-refractivity contribution in [2.45, 2.75) is 44.0 Å². The summed E-state index contributed by atoms with van der Waals surface area (Å²) in [5.74, 6) is -12.0. The quantitative estimate of drug-likeness (QED) is 0.274. The molecule has 5 atom stereocenters. The maximum absolute atomic E-state index is 14.6. The Morgan fingerprint density at radius 3 is 2.09 bits per heavy atom. The summed E-state index contributed by atoms with van der Waals surface area (Å²) in [6.07, 6.45) is -5.66. The Morgan fingerprint density at radius 2 is 1.53 bits per heavy atom. The van der Waals surface area contributed by atoms with Crippen LogP contribution >= 0.6 is 0 Å². The van der Waals surface area contributed by atoms with E-state index in [9.17, 15) is 37.4 Å². The lowest BCUT2D eigenvalue weighted by atomic mass is 9.93. The van der Waals surface area contributed by atoms with E-state index in [0.717, 1.165) is 0 Å². The molecule has 1 fully saturated rings. The molecule has 8 nitrogen and oxygen atoms in total. The number of hydrogen-bond donors (Lipinski definition) is 4. The number of aliphatic hydroxyl groups excluding tert-OH is 3. The third-order valence-corrected chi connectivity index (χ3v) is 5.38. The van der Waals surface area contributed by atoms with Gasteiger partial charge in [0.1, 0.15) is 36.0 Å². The minimum atomic E-state index is -2.16. The summed E-state index contributed by atoms with van der Waals surface area (Å²) >= 11 is 0. The molecule has 1 aliphatic rings. The first kappa shape index (κ1) is 25.6. The van der Waals surface area contributed by atoms with Gasteiger partial charge in [0.2, 0.25) is 0 Å². The molecule has 0 saturated carbocycles. The number of ether oxygens (including phenoxy) is 2. The second-order valence-electron chi connectivity index (χ2n) is 7.61. The Bertz CT molecular complexity index is 1040. The van der Waals surface area contributed by atoms with E-state index in [1.54, 1.807) is 30.3 Å². The third kappa shape index (κ3) is 4.89. The van der Waals surface area contributed by atoms with Gasteiger partial charge in [-0.25, -0.2) is 22.4 Å². The number of esters is 1. The van der Waals surface area contributed by atoms with E-state index in [0.29, 0.717) is 5.56 Å². The largest absolute Gasteiger partial charge is 0.457 e. The maximum Gasteiger partial charge on any atom is 0.344 e. The Hall–Kier alpha value is -3.06. The van der Waals surface area contributed by atoms with Gasteiger partial charge in [0.05, 0.1) is 18.8 Å². The minimum Gasteiger partial charge on any atom is -0.457 e. The Balaban J connectivity index is 1.84. The summed E-state index contributed by atoms with van der Waals surface area (Å²) in [6, 6.07) is 6.51. The van der Waals surface area contributed by atoms with Gasteiger partial charge in [0.15, 0.2) is 23.3 Å². The van der Waals surface area contributed by atoms with E-state index >= 15 is 0 Å². The van der Waals surface area contributed by atoms with Crippen molar-refractivity contribution >= 4 is 11.9 Å². The highest BCUT2D eigenvalue weighted by atomic mass is 19.2. The molecular formula is C22H21F4NO7. The third-order valence-electron chi connectivity index (χ3n) is 5.38. The lowest BCUT2D eigenvalue weighted by Gasteiger charge is -2.41. The van der Waals surface area contributed by atoms with Crippen LogP contribution < -0.4 is 5.32 Å². The molecule has 1 heterocycles. The Labute approximate surface area is 190 Å². The molecule has 2 aromatic rings. The zero-order chi connectivity index (χ0) is 25.2. The average molecular weight is 487 g/mol. The van der Waals surface area contributed by atoms with Crippen LogP contribution in [0.15, 0.2) is 30.3 Å². The fourth-order valence-corrected chi connectivity index (χ4v) is 3.53. The summed E-state index contributed by atoms with van der Waals surface area (Å²) in [6.45, 7) is 0.228. The molecule has 1 aliphatic heterocycles. The van der Waals surface area contributed by atoms with Gasteiger partial charge in [-0.05, 0) is 12.5 Å². The van der Waals surface area contributed by atoms with Crippen LogP contribution in [-0.2, 0) is 16.1 Å². The van der Waals surface area contributed by atoms with Crippen molar-refractivity contribution in [1.29, 1.82) is 0 Å². The van der Waals surface area contributed by atoms with Crippen LogP contribution in [0.3, 0.4) is 0 Å². The Kier molecular flexibility index (Phi) is 7.87. The molecule has 34 heavy (non-hydrogen) atoms. The van der Waals surface area contributed by atoms with Crippen LogP contribution in [0.4, 0.5) is 17.6 Å². The molecule has 1 amide bonds. The first-order valence-electron chi connectivity index (χ1n) is 10.1. The number of halogens is 4. The van der Waals surface area contributed by atoms with Crippen molar-refractivity contribution in [2.75, 3.05) is 6.61 Å². The lowest BCUT2D eigenvalue weighted by Crippen LogP contribution is -2.63. The highest BCUT2D eigenvalue weighted by Gasteiger charge is 2.44. The summed E-state index contributed by atoms with van der Waals surface area (Å²) in [4.78, 5) is 24.6. The number of carbonyl (C=O) groups excluding carboxylic acids is 2. The van der Waals surface area contributed by atoms with E-state index in [4.69, 9.17) is 14.6 Å². The lowest BCUT2D eigenvalue weighted by molar-refractivity contribution is -0.187. The van der Waals surface area contributed by atoms with Crippen LogP contribution in [0.2, 0.25) is 0 Å². The number of hydrogen-bond acceptors (Lipinski definition) is 7. The van der Waals surface area contributed by atoms with E-state index < -0.39 is 89.9 Å². The van der Waals surface area contributed by atoms with Crippen molar-refractivity contribution in [3.05, 3.63) is 70.3 Å². The predicted octanol–water partition coefficient (Wildman–Crippen LogP) is 1.20. The van der Waals surface area contributed by atoms with Gasteiger partial charge in [-0.2, -0.15) is 0 Å². The van der Waals surface area contributed by atoms with Crippen molar-refractivity contribution < 1.29 is 51.9 Å². The summed E-state index contributed by atoms with van der Waals surface area (Å²) < 4.78 is 68.2. The molecule has 3 unspecified atom stereocenters. The molecule has 184 valence electrons. The fraction of sp³-hybridized carbons (Fsp3) is 0.364. The average Bonchev–Trinajstić information content (AvgIpc) is 2.82. The predicted molar refractivity (Wildman–Crippen MR) is 107 cm³/mol. The van der Waals surface area contributed by atoms with Gasteiger partial charge in [-0.15, -0.1) is 0 Å². The van der Waals surface area contributed by atoms with E-state index in [1.165, 1.54) is 6.92 Å². The highest BCUT2D eigenvalue weighted by molar-refractivity contribution is 5.97. The number of aliphatic hydroxyl groups is 3. The van der Waals surface area contributed by atoms with Crippen molar-refractivity contribution in [3.8, 4) is 0 Å². The van der Waals surface area contributed by atoms with Gasteiger partial charge in [-0.1, -0.05) is 30.3 Å². The van der Waals surface area contributed by atoms with Gasteiger partial charge in [-0.3, -0.25) is 4.79 Å². The first-order chi connectivity index (χ1) is 16.1. The zero-order valence-electron chi connectivity index (χ0n) is 17.7. The molecule has 12 heteroatoms. The molecule has 4 N–H and O–H groups in total. The first-order valence-corrected chi connectivity index (χ1v) is 10.1. The van der Waals surface area contributed by atoms with E-state index in [2.05, 4.69) is 0 Å². The van der Waals surface area contributed by atoms with Crippen LogP contribution in [0.5, 0.6) is 0 Å². The van der Waals surface area contributed by atoms with E-state index in [1.807, 2.05) is 5.32 Å². The minimum absolute atomic E-state index is 0.432. The van der Waals surface area contributed by atoms with Crippen LogP contribution in [0.25, 0.3) is 0 Å². The van der Waals surface area contributed by atoms with Gasteiger partial charge < -0.3 is 30.1 Å². The molecule has 3 rings (SSSR count). The monoisotopic (exact) mass is 487 g/mol. The maximum atomic E-state index is 14.6. The van der Waals surface area contributed by atoms with Crippen molar-refractivity contribution in [3.63, 3.8) is 0 Å². The van der Waals surface area contributed by atoms with Gasteiger partial charge >= 0.3 is 5.97 Å². The number of benzene rings is 2. The second-order valence-corrected chi connectivity index (χ2v) is 7.61. The van der Waals surface area contributed by atoms with Crippen molar-refractivity contribution in [1.82, 2.24) is 5.32 Å². The molecule has 0 radical (unpaired) electrons. The molecule has 0 spiro atoms.